The fourth-order valence-corrected chi connectivity index (χ4v) is 4.06. The summed E-state index contributed by atoms with van der Waals surface area (Å²) in [5.74, 6) is -0.404. The SMILES string of the molecule is Cc1ccccc1N1CC(C(=O)Nc2ccc3c(c2)N(C)CCC3)CC1=O. The molecule has 2 amide bonds. The summed E-state index contributed by atoms with van der Waals surface area (Å²) < 4.78 is 0. The van der Waals surface area contributed by atoms with E-state index < -0.39 is 0 Å². The van der Waals surface area contributed by atoms with Crippen molar-refractivity contribution in [2.75, 3.05) is 35.3 Å². The van der Waals surface area contributed by atoms with Gasteiger partial charge in [0.05, 0.1) is 5.92 Å². The number of nitrogens with one attached hydrogen (secondary N) is 1. The first-order valence-electron chi connectivity index (χ1n) is 9.54. The monoisotopic (exact) mass is 363 g/mol. The van der Waals surface area contributed by atoms with E-state index in [0.29, 0.717) is 6.54 Å². The molecule has 1 saturated heterocycles. The Morgan fingerprint density at radius 1 is 1.15 bits per heavy atom. The summed E-state index contributed by atoms with van der Waals surface area (Å²) in [5.41, 5.74) is 5.25. The van der Waals surface area contributed by atoms with Crippen molar-refractivity contribution in [3.05, 3.63) is 53.6 Å². The molecule has 2 aliphatic heterocycles. The van der Waals surface area contributed by atoms with Gasteiger partial charge in [0.25, 0.3) is 0 Å². The van der Waals surface area contributed by atoms with Crippen molar-refractivity contribution in [2.24, 2.45) is 5.92 Å². The van der Waals surface area contributed by atoms with Crippen LogP contribution in [0, 0.1) is 12.8 Å². The highest BCUT2D eigenvalue weighted by atomic mass is 16.2. The smallest absolute Gasteiger partial charge is 0.229 e. The van der Waals surface area contributed by atoms with Gasteiger partial charge in [0, 0.05) is 43.6 Å². The molecule has 0 aliphatic carbocycles. The molecule has 0 bridgehead atoms. The Balaban J connectivity index is 1.47. The number of para-hydroxylation sites is 1. The number of fused-ring (bicyclic) bond motifs is 1. The van der Waals surface area contributed by atoms with Gasteiger partial charge < -0.3 is 15.1 Å². The second kappa shape index (κ2) is 7.06. The highest BCUT2D eigenvalue weighted by molar-refractivity contribution is 6.04. The topological polar surface area (TPSA) is 52.7 Å². The molecule has 140 valence electrons. The lowest BCUT2D eigenvalue weighted by molar-refractivity contribution is -0.122. The van der Waals surface area contributed by atoms with Crippen LogP contribution >= 0.6 is 0 Å². The van der Waals surface area contributed by atoms with E-state index in [0.717, 1.165) is 36.3 Å². The summed E-state index contributed by atoms with van der Waals surface area (Å²) in [6, 6.07) is 13.9. The molecule has 1 N–H and O–H groups in total. The third-order valence-electron chi connectivity index (χ3n) is 5.61. The van der Waals surface area contributed by atoms with E-state index in [9.17, 15) is 9.59 Å². The molecule has 2 aliphatic rings. The molecule has 0 spiro atoms. The first-order valence-corrected chi connectivity index (χ1v) is 9.54. The van der Waals surface area contributed by atoms with Crippen LogP contribution in [0.1, 0.15) is 24.0 Å². The van der Waals surface area contributed by atoms with E-state index >= 15 is 0 Å². The molecule has 2 aromatic carbocycles. The van der Waals surface area contributed by atoms with Gasteiger partial charge in [-0.1, -0.05) is 24.3 Å². The third kappa shape index (κ3) is 3.42. The van der Waals surface area contributed by atoms with Crippen molar-refractivity contribution in [1.82, 2.24) is 0 Å². The Bertz CT molecular complexity index is 893. The van der Waals surface area contributed by atoms with Crippen LogP contribution in [-0.2, 0) is 16.0 Å². The fraction of sp³-hybridized carbons (Fsp3) is 0.364. The molecule has 1 fully saturated rings. The van der Waals surface area contributed by atoms with Crippen molar-refractivity contribution in [3.63, 3.8) is 0 Å². The van der Waals surface area contributed by atoms with Gasteiger partial charge in [0.1, 0.15) is 0 Å². The first kappa shape index (κ1) is 17.6. The Kier molecular flexibility index (Phi) is 4.60. The van der Waals surface area contributed by atoms with Crippen LogP contribution < -0.4 is 15.1 Å². The minimum atomic E-state index is -0.328. The van der Waals surface area contributed by atoms with Crippen LogP contribution in [0.2, 0.25) is 0 Å². The third-order valence-corrected chi connectivity index (χ3v) is 5.61. The summed E-state index contributed by atoms with van der Waals surface area (Å²) in [6.45, 7) is 3.45. The fourth-order valence-electron chi connectivity index (χ4n) is 4.06. The van der Waals surface area contributed by atoms with Crippen LogP contribution in [0.15, 0.2) is 42.5 Å². The lowest BCUT2D eigenvalue weighted by Crippen LogP contribution is -2.29. The van der Waals surface area contributed by atoms with Gasteiger partial charge in [-0.25, -0.2) is 0 Å². The number of nitrogens with zero attached hydrogens (tertiary/aromatic N) is 2. The molecule has 0 radical (unpaired) electrons. The predicted octanol–water partition coefficient (Wildman–Crippen LogP) is 3.37. The minimum absolute atomic E-state index is 0.00891. The van der Waals surface area contributed by atoms with E-state index in [2.05, 4.69) is 23.3 Å². The number of rotatable bonds is 3. The van der Waals surface area contributed by atoms with Crippen molar-refractivity contribution in [1.29, 1.82) is 0 Å². The van der Waals surface area contributed by atoms with Crippen molar-refractivity contribution in [3.8, 4) is 0 Å². The number of hydrogen-bond donors (Lipinski definition) is 1. The Morgan fingerprint density at radius 3 is 2.78 bits per heavy atom. The second-order valence-electron chi connectivity index (χ2n) is 7.55. The summed E-state index contributed by atoms with van der Waals surface area (Å²) in [5, 5.41) is 3.02. The van der Waals surface area contributed by atoms with Gasteiger partial charge >= 0.3 is 0 Å². The number of benzene rings is 2. The minimum Gasteiger partial charge on any atom is -0.374 e. The number of carbonyl (C=O) groups is 2. The van der Waals surface area contributed by atoms with Crippen LogP contribution in [0.25, 0.3) is 0 Å². The molecule has 2 heterocycles. The maximum atomic E-state index is 12.8. The van der Waals surface area contributed by atoms with Gasteiger partial charge in [-0.05, 0) is 49.1 Å². The van der Waals surface area contributed by atoms with Crippen molar-refractivity contribution < 1.29 is 9.59 Å². The second-order valence-corrected chi connectivity index (χ2v) is 7.55. The lowest BCUT2D eigenvalue weighted by Gasteiger charge is -2.28. The van der Waals surface area contributed by atoms with Gasteiger partial charge in [-0.2, -0.15) is 0 Å². The molecular formula is C22H25N3O2. The standard InChI is InChI=1S/C22H25N3O2/c1-15-6-3-4-8-19(15)25-14-17(12-21(25)26)22(27)23-18-10-9-16-7-5-11-24(2)20(16)13-18/h3-4,6,8-10,13,17H,5,7,11-12,14H2,1-2H3,(H,23,27). The van der Waals surface area contributed by atoms with E-state index in [4.69, 9.17) is 0 Å². The van der Waals surface area contributed by atoms with E-state index in [1.807, 2.05) is 43.3 Å². The molecule has 1 unspecified atom stereocenters. The predicted molar refractivity (Wildman–Crippen MR) is 108 cm³/mol. The molecule has 27 heavy (non-hydrogen) atoms. The summed E-state index contributed by atoms with van der Waals surface area (Å²) in [7, 11) is 2.08. The van der Waals surface area contributed by atoms with Crippen LogP contribution in [-0.4, -0.2) is 32.0 Å². The quantitative estimate of drug-likeness (QED) is 0.910. The number of hydrogen-bond acceptors (Lipinski definition) is 3. The largest absolute Gasteiger partial charge is 0.374 e. The summed E-state index contributed by atoms with van der Waals surface area (Å²) in [4.78, 5) is 29.2. The zero-order chi connectivity index (χ0) is 19.0. The maximum Gasteiger partial charge on any atom is 0.229 e. The first-order chi connectivity index (χ1) is 13.0. The Labute approximate surface area is 160 Å². The molecule has 2 aromatic rings. The normalized spacial score (nSPS) is 19.2. The van der Waals surface area contributed by atoms with Gasteiger partial charge in [-0.15, -0.1) is 0 Å². The number of carbonyl (C=O) groups excluding carboxylic acids is 2. The van der Waals surface area contributed by atoms with Crippen molar-refractivity contribution in [2.45, 2.75) is 26.2 Å². The van der Waals surface area contributed by atoms with Crippen molar-refractivity contribution >= 4 is 28.9 Å². The van der Waals surface area contributed by atoms with E-state index in [1.165, 1.54) is 11.3 Å². The molecule has 5 heteroatoms. The molecular weight excluding hydrogens is 338 g/mol. The van der Waals surface area contributed by atoms with Gasteiger partial charge in [-0.3, -0.25) is 9.59 Å². The molecule has 0 aromatic heterocycles. The lowest BCUT2D eigenvalue weighted by atomic mass is 10.0. The highest BCUT2D eigenvalue weighted by Crippen LogP contribution is 2.31. The number of amides is 2. The molecule has 5 nitrogen and oxygen atoms in total. The zero-order valence-electron chi connectivity index (χ0n) is 15.9. The zero-order valence-corrected chi connectivity index (χ0v) is 15.9. The van der Waals surface area contributed by atoms with E-state index in [-0.39, 0.29) is 24.2 Å². The Hall–Kier alpha value is -2.82. The summed E-state index contributed by atoms with van der Waals surface area (Å²) in [6.07, 6.45) is 2.50. The molecule has 0 saturated carbocycles. The van der Waals surface area contributed by atoms with Gasteiger partial charge in [0.2, 0.25) is 11.8 Å². The van der Waals surface area contributed by atoms with Crippen LogP contribution in [0.4, 0.5) is 17.1 Å². The highest BCUT2D eigenvalue weighted by Gasteiger charge is 2.35. The number of anilines is 3. The van der Waals surface area contributed by atoms with Crippen LogP contribution in [0.5, 0.6) is 0 Å². The molecule has 1 atom stereocenters. The van der Waals surface area contributed by atoms with Crippen LogP contribution in [0.3, 0.4) is 0 Å². The average molecular weight is 363 g/mol. The average Bonchev–Trinajstić information content (AvgIpc) is 3.04. The summed E-state index contributed by atoms with van der Waals surface area (Å²) >= 11 is 0. The maximum absolute atomic E-state index is 12.8. The van der Waals surface area contributed by atoms with Gasteiger partial charge in [0.15, 0.2) is 0 Å². The van der Waals surface area contributed by atoms with E-state index in [1.54, 1.807) is 4.90 Å². The Morgan fingerprint density at radius 2 is 1.96 bits per heavy atom. The number of aryl methyl sites for hydroxylation is 2. The molecule has 4 rings (SSSR count).